The summed E-state index contributed by atoms with van der Waals surface area (Å²) in [7, 11) is 0. The molecule has 0 spiro atoms. The van der Waals surface area contributed by atoms with Gasteiger partial charge in [0.15, 0.2) is 6.29 Å². The fourth-order valence-electron chi connectivity index (χ4n) is 3.25. The number of hydrogen-bond acceptors (Lipinski definition) is 6. The SMILES string of the molecule is O=C(Nc1cccc(-c2nnco2)c1)N1CCC(C2OCCO2)CC1. The van der Waals surface area contributed by atoms with Gasteiger partial charge >= 0.3 is 6.03 Å². The maximum absolute atomic E-state index is 12.5. The van der Waals surface area contributed by atoms with Gasteiger partial charge in [-0.3, -0.25) is 0 Å². The second kappa shape index (κ2) is 7.20. The number of urea groups is 1. The van der Waals surface area contributed by atoms with Gasteiger partial charge in [-0.2, -0.15) is 0 Å². The molecule has 8 nitrogen and oxygen atoms in total. The molecule has 1 aromatic heterocycles. The molecule has 132 valence electrons. The number of benzene rings is 1. The summed E-state index contributed by atoms with van der Waals surface area (Å²) >= 11 is 0. The van der Waals surface area contributed by atoms with E-state index in [0.29, 0.717) is 43.8 Å². The maximum atomic E-state index is 12.5. The highest BCUT2D eigenvalue weighted by atomic mass is 16.7. The maximum Gasteiger partial charge on any atom is 0.321 e. The lowest BCUT2D eigenvalue weighted by Gasteiger charge is -2.33. The number of ether oxygens (including phenoxy) is 2. The highest BCUT2D eigenvalue weighted by Gasteiger charge is 2.31. The second-order valence-electron chi connectivity index (χ2n) is 6.19. The van der Waals surface area contributed by atoms with Crippen LogP contribution in [0.25, 0.3) is 11.5 Å². The second-order valence-corrected chi connectivity index (χ2v) is 6.19. The summed E-state index contributed by atoms with van der Waals surface area (Å²) in [6.07, 6.45) is 2.96. The van der Waals surface area contributed by atoms with Gasteiger partial charge < -0.3 is 24.1 Å². The van der Waals surface area contributed by atoms with E-state index in [1.165, 1.54) is 6.39 Å². The normalized spacial score (nSPS) is 19.3. The van der Waals surface area contributed by atoms with Gasteiger partial charge in [-0.05, 0) is 31.0 Å². The number of likely N-dealkylation sites (tertiary alicyclic amines) is 1. The van der Waals surface area contributed by atoms with Crippen molar-refractivity contribution in [3.63, 3.8) is 0 Å². The first-order chi connectivity index (χ1) is 12.3. The monoisotopic (exact) mass is 344 g/mol. The Balaban J connectivity index is 1.34. The van der Waals surface area contributed by atoms with E-state index in [0.717, 1.165) is 18.4 Å². The average Bonchev–Trinajstić information content (AvgIpc) is 3.36. The van der Waals surface area contributed by atoms with Crippen LogP contribution in [0.5, 0.6) is 0 Å². The molecule has 2 amide bonds. The van der Waals surface area contributed by atoms with E-state index in [4.69, 9.17) is 13.9 Å². The molecule has 1 N–H and O–H groups in total. The summed E-state index contributed by atoms with van der Waals surface area (Å²) < 4.78 is 16.3. The number of carbonyl (C=O) groups is 1. The summed E-state index contributed by atoms with van der Waals surface area (Å²) in [5.74, 6) is 0.792. The van der Waals surface area contributed by atoms with Crippen LogP contribution in [0.3, 0.4) is 0 Å². The molecule has 1 aromatic carbocycles. The summed E-state index contributed by atoms with van der Waals surface area (Å²) in [6, 6.07) is 7.25. The van der Waals surface area contributed by atoms with Crippen molar-refractivity contribution >= 4 is 11.7 Å². The van der Waals surface area contributed by atoms with Crippen LogP contribution in [0.2, 0.25) is 0 Å². The first kappa shape index (κ1) is 16.0. The molecule has 0 atom stereocenters. The van der Waals surface area contributed by atoms with E-state index < -0.39 is 0 Å². The van der Waals surface area contributed by atoms with Gasteiger partial charge in [-0.15, -0.1) is 10.2 Å². The van der Waals surface area contributed by atoms with Crippen molar-refractivity contribution in [3.8, 4) is 11.5 Å². The number of amides is 2. The molecule has 25 heavy (non-hydrogen) atoms. The fraction of sp³-hybridized carbons (Fsp3) is 0.471. The Morgan fingerprint density at radius 1 is 1.20 bits per heavy atom. The lowest BCUT2D eigenvalue weighted by atomic mass is 9.96. The lowest BCUT2D eigenvalue weighted by molar-refractivity contribution is -0.0950. The zero-order chi connectivity index (χ0) is 17.1. The largest absolute Gasteiger partial charge is 0.423 e. The Hall–Kier alpha value is -2.45. The molecule has 0 radical (unpaired) electrons. The van der Waals surface area contributed by atoms with Gasteiger partial charge in [0.25, 0.3) is 0 Å². The van der Waals surface area contributed by atoms with Crippen molar-refractivity contribution in [1.82, 2.24) is 15.1 Å². The van der Waals surface area contributed by atoms with Gasteiger partial charge in [0.05, 0.1) is 13.2 Å². The lowest BCUT2D eigenvalue weighted by Crippen LogP contribution is -2.43. The Morgan fingerprint density at radius 3 is 2.72 bits per heavy atom. The van der Waals surface area contributed by atoms with E-state index in [1.54, 1.807) is 0 Å². The molecule has 2 saturated heterocycles. The van der Waals surface area contributed by atoms with Crippen LogP contribution < -0.4 is 5.32 Å². The minimum Gasteiger partial charge on any atom is -0.423 e. The summed E-state index contributed by atoms with van der Waals surface area (Å²) in [6.45, 7) is 2.73. The molecular formula is C17H20N4O4. The highest BCUT2D eigenvalue weighted by molar-refractivity contribution is 5.90. The van der Waals surface area contributed by atoms with Crippen LogP contribution >= 0.6 is 0 Å². The fourth-order valence-corrected chi connectivity index (χ4v) is 3.25. The molecular weight excluding hydrogens is 324 g/mol. The van der Waals surface area contributed by atoms with Gasteiger partial charge in [0.2, 0.25) is 12.3 Å². The van der Waals surface area contributed by atoms with Crippen molar-refractivity contribution in [2.24, 2.45) is 5.92 Å². The van der Waals surface area contributed by atoms with Gasteiger partial charge in [-0.25, -0.2) is 4.79 Å². The third-order valence-corrected chi connectivity index (χ3v) is 4.58. The van der Waals surface area contributed by atoms with Crippen molar-refractivity contribution in [2.45, 2.75) is 19.1 Å². The molecule has 4 rings (SSSR count). The first-order valence-electron chi connectivity index (χ1n) is 8.45. The Morgan fingerprint density at radius 2 is 2.00 bits per heavy atom. The number of anilines is 1. The third kappa shape index (κ3) is 3.64. The quantitative estimate of drug-likeness (QED) is 0.919. The molecule has 0 aliphatic carbocycles. The van der Waals surface area contributed by atoms with E-state index in [9.17, 15) is 4.79 Å². The van der Waals surface area contributed by atoms with Gasteiger partial charge in [0.1, 0.15) is 0 Å². The molecule has 0 unspecified atom stereocenters. The smallest absolute Gasteiger partial charge is 0.321 e. The predicted octanol–water partition coefficient (Wildman–Crippen LogP) is 2.35. The zero-order valence-corrected chi connectivity index (χ0v) is 13.8. The van der Waals surface area contributed by atoms with Gasteiger partial charge in [-0.1, -0.05) is 6.07 Å². The van der Waals surface area contributed by atoms with Crippen LogP contribution in [0.1, 0.15) is 12.8 Å². The number of hydrogen-bond donors (Lipinski definition) is 1. The molecule has 0 saturated carbocycles. The number of piperidine rings is 1. The predicted molar refractivity (Wildman–Crippen MR) is 88.7 cm³/mol. The van der Waals surface area contributed by atoms with Gasteiger partial charge in [0, 0.05) is 30.3 Å². The van der Waals surface area contributed by atoms with E-state index in [1.807, 2.05) is 29.2 Å². The molecule has 0 bridgehead atoms. The van der Waals surface area contributed by atoms with Crippen LogP contribution in [0, 0.1) is 5.92 Å². The topological polar surface area (TPSA) is 89.7 Å². The molecule has 2 fully saturated rings. The minimum absolute atomic E-state index is 0.101. The first-order valence-corrected chi connectivity index (χ1v) is 8.45. The van der Waals surface area contributed by atoms with Crippen LogP contribution in [-0.2, 0) is 9.47 Å². The standard InChI is InChI=1S/C17H20N4O4/c22-17(21-6-4-12(5-7-21)16-23-8-9-24-16)19-14-3-1-2-13(10-14)15-20-18-11-25-15/h1-3,10-12,16H,4-9H2,(H,19,22). The highest BCUT2D eigenvalue weighted by Crippen LogP contribution is 2.26. The van der Waals surface area contributed by atoms with Crippen LogP contribution in [0.4, 0.5) is 10.5 Å². The summed E-state index contributed by atoms with van der Waals surface area (Å²) in [4.78, 5) is 14.3. The summed E-state index contributed by atoms with van der Waals surface area (Å²) in [5, 5.41) is 10.5. The molecule has 2 aliphatic rings. The number of nitrogens with one attached hydrogen (secondary N) is 1. The number of aromatic nitrogens is 2. The minimum atomic E-state index is -0.102. The van der Waals surface area contributed by atoms with Crippen molar-refractivity contribution in [2.75, 3.05) is 31.6 Å². The average molecular weight is 344 g/mol. The van der Waals surface area contributed by atoms with Crippen molar-refractivity contribution in [1.29, 1.82) is 0 Å². The van der Waals surface area contributed by atoms with E-state index in [2.05, 4.69) is 15.5 Å². The molecule has 2 aliphatic heterocycles. The van der Waals surface area contributed by atoms with Crippen molar-refractivity contribution in [3.05, 3.63) is 30.7 Å². The number of nitrogens with zero attached hydrogens (tertiary/aromatic N) is 3. The number of rotatable bonds is 3. The van der Waals surface area contributed by atoms with Crippen LogP contribution in [0.15, 0.2) is 35.1 Å². The van der Waals surface area contributed by atoms with E-state index in [-0.39, 0.29) is 12.3 Å². The van der Waals surface area contributed by atoms with E-state index >= 15 is 0 Å². The summed E-state index contributed by atoms with van der Waals surface area (Å²) in [5.41, 5.74) is 1.47. The van der Waals surface area contributed by atoms with Crippen molar-refractivity contribution < 1.29 is 18.7 Å². The van der Waals surface area contributed by atoms with Crippen LogP contribution in [-0.4, -0.2) is 53.7 Å². The third-order valence-electron chi connectivity index (χ3n) is 4.58. The number of carbonyl (C=O) groups excluding carboxylic acids is 1. The Labute approximate surface area is 145 Å². The Bertz CT molecular complexity index is 707. The Kier molecular flexibility index (Phi) is 4.62. The molecule has 8 heteroatoms. The molecule has 3 heterocycles. The zero-order valence-electron chi connectivity index (χ0n) is 13.8. The molecule has 2 aromatic rings.